The van der Waals surface area contributed by atoms with Crippen molar-refractivity contribution in [1.82, 2.24) is 0 Å². The molecule has 1 aromatic carbocycles. The second-order valence-corrected chi connectivity index (χ2v) is 4.88. The van der Waals surface area contributed by atoms with Gasteiger partial charge in [0.1, 0.15) is 0 Å². The van der Waals surface area contributed by atoms with Gasteiger partial charge < -0.3 is 5.32 Å². The van der Waals surface area contributed by atoms with Crippen molar-refractivity contribution in [2.75, 3.05) is 5.32 Å². The fraction of sp³-hybridized carbons (Fsp3) is 0.571. The summed E-state index contributed by atoms with van der Waals surface area (Å²) in [7, 11) is 0. The topological polar surface area (TPSA) is 12.0 Å². The molecular weight excluding hydrogens is 182 g/mol. The van der Waals surface area contributed by atoms with E-state index in [1.54, 1.807) is 0 Å². The van der Waals surface area contributed by atoms with Crippen LogP contribution in [0, 0.1) is 12.8 Å². The van der Waals surface area contributed by atoms with Gasteiger partial charge in [-0.25, -0.2) is 0 Å². The van der Waals surface area contributed by atoms with Crippen molar-refractivity contribution in [3.05, 3.63) is 29.8 Å². The van der Waals surface area contributed by atoms with Crippen molar-refractivity contribution < 1.29 is 0 Å². The summed E-state index contributed by atoms with van der Waals surface area (Å²) in [5.41, 5.74) is 2.61. The normalized spacial score (nSPS) is 26.3. The molecule has 0 aliphatic heterocycles. The largest absolute Gasteiger partial charge is 0.382 e. The first kappa shape index (κ1) is 10.5. The van der Waals surface area contributed by atoms with E-state index in [4.69, 9.17) is 0 Å². The van der Waals surface area contributed by atoms with Crippen molar-refractivity contribution >= 4 is 5.69 Å². The first-order chi connectivity index (χ1) is 7.25. The molecule has 82 valence electrons. The van der Waals surface area contributed by atoms with Crippen LogP contribution in [0.2, 0.25) is 0 Å². The fourth-order valence-electron chi connectivity index (χ4n) is 2.39. The van der Waals surface area contributed by atoms with Crippen molar-refractivity contribution in [3.63, 3.8) is 0 Å². The standard InChI is InChI=1S/C14H21N/c1-11-7-9-13(10-8-11)15-14-6-4-3-5-12(14)2/h7-10,12,14-15H,3-6H2,1-2H3. The molecule has 0 bridgehead atoms. The summed E-state index contributed by atoms with van der Waals surface area (Å²) in [5.74, 6) is 0.819. The minimum atomic E-state index is 0.682. The van der Waals surface area contributed by atoms with Crippen molar-refractivity contribution in [2.24, 2.45) is 5.92 Å². The van der Waals surface area contributed by atoms with Crippen LogP contribution in [0.15, 0.2) is 24.3 Å². The quantitative estimate of drug-likeness (QED) is 0.766. The van der Waals surface area contributed by atoms with Gasteiger partial charge in [0.05, 0.1) is 0 Å². The summed E-state index contributed by atoms with van der Waals surface area (Å²) in [6, 6.07) is 9.42. The Labute approximate surface area is 92.9 Å². The van der Waals surface area contributed by atoms with Crippen LogP contribution in [0.25, 0.3) is 0 Å². The van der Waals surface area contributed by atoms with Gasteiger partial charge >= 0.3 is 0 Å². The van der Waals surface area contributed by atoms with E-state index in [0.29, 0.717) is 6.04 Å². The predicted molar refractivity (Wildman–Crippen MR) is 66.2 cm³/mol. The summed E-state index contributed by atoms with van der Waals surface area (Å²) in [6.45, 7) is 4.50. The second kappa shape index (κ2) is 4.69. The van der Waals surface area contributed by atoms with Gasteiger partial charge in [0, 0.05) is 11.7 Å². The second-order valence-electron chi connectivity index (χ2n) is 4.88. The van der Waals surface area contributed by atoms with Crippen LogP contribution in [0.3, 0.4) is 0 Å². The molecule has 1 aliphatic carbocycles. The Morgan fingerprint density at radius 1 is 1.07 bits per heavy atom. The van der Waals surface area contributed by atoms with Gasteiger partial charge in [0.25, 0.3) is 0 Å². The van der Waals surface area contributed by atoms with Crippen LogP contribution in [0.5, 0.6) is 0 Å². The Kier molecular flexibility index (Phi) is 3.30. The van der Waals surface area contributed by atoms with Gasteiger partial charge in [-0.2, -0.15) is 0 Å². The molecule has 0 heterocycles. The lowest BCUT2D eigenvalue weighted by atomic mass is 9.86. The van der Waals surface area contributed by atoms with Gasteiger partial charge in [0.15, 0.2) is 0 Å². The van der Waals surface area contributed by atoms with E-state index in [2.05, 4.69) is 43.4 Å². The fourth-order valence-corrected chi connectivity index (χ4v) is 2.39. The third kappa shape index (κ3) is 2.74. The lowest BCUT2D eigenvalue weighted by Crippen LogP contribution is -2.30. The molecule has 1 nitrogen and oxygen atoms in total. The van der Waals surface area contributed by atoms with Crippen molar-refractivity contribution in [1.29, 1.82) is 0 Å². The highest BCUT2D eigenvalue weighted by atomic mass is 14.9. The monoisotopic (exact) mass is 203 g/mol. The SMILES string of the molecule is Cc1ccc(NC2CCCCC2C)cc1. The minimum absolute atomic E-state index is 0.682. The molecule has 15 heavy (non-hydrogen) atoms. The van der Waals surface area contributed by atoms with Crippen LogP contribution in [0.4, 0.5) is 5.69 Å². The first-order valence-corrected chi connectivity index (χ1v) is 6.09. The van der Waals surface area contributed by atoms with E-state index in [0.717, 1.165) is 5.92 Å². The van der Waals surface area contributed by atoms with E-state index in [1.807, 2.05) is 0 Å². The molecule has 1 N–H and O–H groups in total. The number of hydrogen-bond acceptors (Lipinski definition) is 1. The van der Waals surface area contributed by atoms with Gasteiger partial charge in [-0.15, -0.1) is 0 Å². The maximum Gasteiger partial charge on any atom is 0.0342 e. The average molecular weight is 203 g/mol. The smallest absolute Gasteiger partial charge is 0.0342 e. The summed E-state index contributed by atoms with van der Waals surface area (Å²) in [4.78, 5) is 0. The zero-order chi connectivity index (χ0) is 10.7. The Bertz CT molecular complexity index is 302. The molecule has 1 fully saturated rings. The van der Waals surface area contributed by atoms with E-state index in [-0.39, 0.29) is 0 Å². The minimum Gasteiger partial charge on any atom is -0.382 e. The molecule has 0 spiro atoms. The number of hydrogen-bond donors (Lipinski definition) is 1. The highest BCUT2D eigenvalue weighted by molar-refractivity contribution is 5.45. The zero-order valence-electron chi connectivity index (χ0n) is 9.79. The molecule has 2 rings (SSSR count). The third-order valence-electron chi connectivity index (χ3n) is 3.52. The van der Waals surface area contributed by atoms with E-state index < -0.39 is 0 Å². The van der Waals surface area contributed by atoms with E-state index in [1.165, 1.54) is 36.9 Å². The Morgan fingerprint density at radius 2 is 1.73 bits per heavy atom. The summed E-state index contributed by atoms with van der Waals surface area (Å²) in [5, 5.41) is 3.66. The van der Waals surface area contributed by atoms with Gasteiger partial charge in [0.2, 0.25) is 0 Å². The maximum atomic E-state index is 3.66. The number of rotatable bonds is 2. The third-order valence-corrected chi connectivity index (χ3v) is 3.52. The Hall–Kier alpha value is -0.980. The predicted octanol–water partition coefficient (Wildman–Crippen LogP) is 3.99. The molecular formula is C14H21N. The molecule has 2 unspecified atom stereocenters. The highest BCUT2D eigenvalue weighted by Crippen LogP contribution is 2.26. The molecule has 0 amide bonds. The number of anilines is 1. The summed E-state index contributed by atoms with van der Waals surface area (Å²) >= 11 is 0. The lowest BCUT2D eigenvalue weighted by Gasteiger charge is -2.30. The first-order valence-electron chi connectivity index (χ1n) is 6.09. The van der Waals surface area contributed by atoms with Crippen LogP contribution in [0.1, 0.15) is 38.2 Å². The van der Waals surface area contributed by atoms with E-state index >= 15 is 0 Å². The van der Waals surface area contributed by atoms with Crippen molar-refractivity contribution in [3.8, 4) is 0 Å². The van der Waals surface area contributed by atoms with Crippen LogP contribution >= 0.6 is 0 Å². The molecule has 2 atom stereocenters. The zero-order valence-corrected chi connectivity index (χ0v) is 9.79. The number of nitrogens with one attached hydrogen (secondary N) is 1. The highest BCUT2D eigenvalue weighted by Gasteiger charge is 2.20. The molecule has 1 aromatic rings. The molecule has 0 radical (unpaired) electrons. The van der Waals surface area contributed by atoms with Gasteiger partial charge in [-0.3, -0.25) is 0 Å². The molecule has 0 saturated heterocycles. The number of aryl methyl sites for hydroxylation is 1. The van der Waals surface area contributed by atoms with Crippen LogP contribution in [-0.2, 0) is 0 Å². The molecule has 1 heteroatoms. The molecule has 0 aromatic heterocycles. The van der Waals surface area contributed by atoms with E-state index in [9.17, 15) is 0 Å². The van der Waals surface area contributed by atoms with Crippen LogP contribution < -0.4 is 5.32 Å². The lowest BCUT2D eigenvalue weighted by molar-refractivity contribution is 0.349. The average Bonchev–Trinajstić information content (AvgIpc) is 2.25. The molecule has 1 aliphatic rings. The number of benzene rings is 1. The van der Waals surface area contributed by atoms with Gasteiger partial charge in [-0.05, 0) is 37.8 Å². The molecule has 1 saturated carbocycles. The van der Waals surface area contributed by atoms with Gasteiger partial charge in [-0.1, -0.05) is 37.5 Å². The maximum absolute atomic E-state index is 3.66. The summed E-state index contributed by atoms with van der Waals surface area (Å²) < 4.78 is 0. The van der Waals surface area contributed by atoms with Crippen LogP contribution in [-0.4, -0.2) is 6.04 Å². The Balaban J connectivity index is 1.98. The summed E-state index contributed by atoms with van der Waals surface area (Å²) in [6.07, 6.45) is 5.50. The van der Waals surface area contributed by atoms with Crippen molar-refractivity contribution in [2.45, 2.75) is 45.6 Å². The Morgan fingerprint density at radius 3 is 2.40 bits per heavy atom.